The standard InChI is InChI=1S/C7H2F4N2O5/c8-2-1-12-3(6(14)15)5(4(2)13(16)17)18-7(9,10)11/h1H,(H,14,15). The molecular formula is C7H2F4N2O5. The summed E-state index contributed by atoms with van der Waals surface area (Å²) in [6, 6.07) is 0. The summed E-state index contributed by atoms with van der Waals surface area (Å²) in [6.45, 7) is 0. The van der Waals surface area contributed by atoms with Crippen molar-refractivity contribution in [1.82, 2.24) is 4.98 Å². The van der Waals surface area contributed by atoms with E-state index in [1.807, 2.05) is 0 Å². The first kappa shape index (κ1) is 13.6. The van der Waals surface area contributed by atoms with E-state index in [9.17, 15) is 32.5 Å². The van der Waals surface area contributed by atoms with Crippen LogP contribution in [0.4, 0.5) is 23.2 Å². The van der Waals surface area contributed by atoms with E-state index in [4.69, 9.17) is 5.11 Å². The zero-order chi connectivity index (χ0) is 14.1. The van der Waals surface area contributed by atoms with Gasteiger partial charge in [-0.25, -0.2) is 9.78 Å². The summed E-state index contributed by atoms with van der Waals surface area (Å²) in [4.78, 5) is 22.2. The highest BCUT2D eigenvalue weighted by molar-refractivity contribution is 5.90. The highest BCUT2D eigenvalue weighted by Gasteiger charge is 2.39. The molecule has 1 aromatic heterocycles. The molecule has 0 atom stereocenters. The summed E-state index contributed by atoms with van der Waals surface area (Å²) in [5.41, 5.74) is -3.17. The molecule has 1 heterocycles. The van der Waals surface area contributed by atoms with E-state index in [0.29, 0.717) is 0 Å². The molecular weight excluding hydrogens is 268 g/mol. The van der Waals surface area contributed by atoms with Crippen molar-refractivity contribution >= 4 is 11.7 Å². The fourth-order valence-electron chi connectivity index (χ4n) is 0.996. The maximum atomic E-state index is 13.0. The first-order chi connectivity index (χ1) is 8.13. The van der Waals surface area contributed by atoms with Gasteiger partial charge in [-0.05, 0) is 0 Å². The molecule has 0 aromatic carbocycles. The van der Waals surface area contributed by atoms with Crippen LogP contribution in [0, 0.1) is 15.9 Å². The number of aromatic nitrogens is 1. The van der Waals surface area contributed by atoms with Gasteiger partial charge in [0.05, 0.1) is 11.1 Å². The highest BCUT2D eigenvalue weighted by Crippen LogP contribution is 2.36. The Kier molecular flexibility index (Phi) is 3.35. The maximum Gasteiger partial charge on any atom is 0.573 e. The van der Waals surface area contributed by atoms with Crippen LogP contribution in [0.25, 0.3) is 0 Å². The average molecular weight is 270 g/mol. The molecule has 11 heteroatoms. The SMILES string of the molecule is O=C(O)c1ncc(F)c([N+](=O)[O-])c1OC(F)(F)F. The summed E-state index contributed by atoms with van der Waals surface area (Å²) >= 11 is 0. The quantitative estimate of drug-likeness (QED) is 0.509. The van der Waals surface area contributed by atoms with E-state index >= 15 is 0 Å². The van der Waals surface area contributed by atoms with Crippen LogP contribution in [0.3, 0.4) is 0 Å². The van der Waals surface area contributed by atoms with Gasteiger partial charge in [0.1, 0.15) is 0 Å². The first-order valence-corrected chi connectivity index (χ1v) is 3.95. The van der Waals surface area contributed by atoms with E-state index in [0.717, 1.165) is 0 Å². The van der Waals surface area contributed by atoms with Gasteiger partial charge in [-0.1, -0.05) is 0 Å². The van der Waals surface area contributed by atoms with E-state index in [1.165, 1.54) is 0 Å². The number of ether oxygens (including phenoxy) is 1. The second kappa shape index (κ2) is 4.43. The molecule has 0 radical (unpaired) electrons. The molecule has 0 fully saturated rings. The molecule has 0 aliphatic carbocycles. The molecule has 0 amide bonds. The molecule has 1 rings (SSSR count). The molecule has 0 spiro atoms. The molecule has 0 saturated carbocycles. The Bertz CT molecular complexity index is 515. The Morgan fingerprint density at radius 2 is 2.06 bits per heavy atom. The van der Waals surface area contributed by atoms with Crippen molar-refractivity contribution in [1.29, 1.82) is 0 Å². The number of carboxylic acid groups (broad SMARTS) is 1. The number of carboxylic acids is 1. The number of alkyl halides is 3. The number of carbonyl (C=O) groups is 1. The number of nitrogens with zero attached hydrogens (tertiary/aromatic N) is 2. The Balaban J connectivity index is 3.53. The number of rotatable bonds is 3. The maximum absolute atomic E-state index is 13.0. The van der Waals surface area contributed by atoms with Crippen molar-refractivity contribution in [3.63, 3.8) is 0 Å². The predicted molar refractivity (Wildman–Crippen MR) is 44.5 cm³/mol. The minimum absolute atomic E-state index is 0.116. The van der Waals surface area contributed by atoms with Gasteiger partial charge < -0.3 is 9.84 Å². The van der Waals surface area contributed by atoms with Gasteiger partial charge in [0, 0.05) is 0 Å². The lowest BCUT2D eigenvalue weighted by atomic mass is 10.2. The molecule has 7 nitrogen and oxygen atoms in total. The fraction of sp³-hybridized carbons (Fsp3) is 0.143. The van der Waals surface area contributed by atoms with Crippen molar-refractivity contribution in [2.24, 2.45) is 0 Å². The number of nitro groups is 1. The lowest BCUT2D eigenvalue weighted by Crippen LogP contribution is -2.21. The molecule has 0 aliphatic rings. The third kappa shape index (κ3) is 2.81. The van der Waals surface area contributed by atoms with E-state index in [-0.39, 0.29) is 6.20 Å². The molecule has 18 heavy (non-hydrogen) atoms. The van der Waals surface area contributed by atoms with Crippen molar-refractivity contribution in [3.8, 4) is 5.75 Å². The highest BCUT2D eigenvalue weighted by atomic mass is 19.4. The zero-order valence-corrected chi connectivity index (χ0v) is 8.06. The fourth-order valence-corrected chi connectivity index (χ4v) is 0.996. The Morgan fingerprint density at radius 3 is 2.44 bits per heavy atom. The average Bonchev–Trinajstić information content (AvgIpc) is 2.13. The van der Waals surface area contributed by atoms with E-state index in [2.05, 4.69) is 9.72 Å². The van der Waals surface area contributed by atoms with Gasteiger partial charge in [0.15, 0.2) is 5.69 Å². The van der Waals surface area contributed by atoms with Gasteiger partial charge in [-0.15, -0.1) is 13.2 Å². The van der Waals surface area contributed by atoms with Crippen LogP contribution in [0.1, 0.15) is 10.5 Å². The molecule has 98 valence electrons. The van der Waals surface area contributed by atoms with Crippen molar-refractivity contribution < 1.29 is 37.1 Å². The second-order valence-corrected chi connectivity index (χ2v) is 2.74. The first-order valence-electron chi connectivity index (χ1n) is 3.95. The lowest BCUT2D eigenvalue weighted by Gasteiger charge is -2.10. The van der Waals surface area contributed by atoms with Gasteiger partial charge in [0.2, 0.25) is 11.6 Å². The molecule has 0 bridgehead atoms. The van der Waals surface area contributed by atoms with Gasteiger partial charge in [-0.3, -0.25) is 10.1 Å². The minimum Gasteiger partial charge on any atom is -0.476 e. The van der Waals surface area contributed by atoms with Gasteiger partial charge >= 0.3 is 18.0 Å². The van der Waals surface area contributed by atoms with Crippen LogP contribution >= 0.6 is 0 Å². The monoisotopic (exact) mass is 270 g/mol. The number of aromatic carboxylic acids is 1. The van der Waals surface area contributed by atoms with Gasteiger partial charge in [0.25, 0.3) is 0 Å². The largest absolute Gasteiger partial charge is 0.573 e. The Hall–Kier alpha value is -2.46. The Labute approximate surface area is 94.8 Å². The van der Waals surface area contributed by atoms with Crippen molar-refractivity contribution in [2.75, 3.05) is 0 Å². The minimum atomic E-state index is -5.43. The van der Waals surface area contributed by atoms with Crippen LogP contribution in [0.5, 0.6) is 5.75 Å². The molecule has 0 aliphatic heterocycles. The summed E-state index contributed by atoms with van der Waals surface area (Å²) in [6.07, 6.45) is -5.31. The summed E-state index contributed by atoms with van der Waals surface area (Å²) in [5, 5.41) is 18.9. The number of hydrogen-bond acceptors (Lipinski definition) is 5. The van der Waals surface area contributed by atoms with Crippen LogP contribution < -0.4 is 4.74 Å². The van der Waals surface area contributed by atoms with Crippen LogP contribution in [0.15, 0.2) is 6.20 Å². The normalized spacial score (nSPS) is 11.1. The van der Waals surface area contributed by atoms with Gasteiger partial charge in [-0.2, -0.15) is 4.39 Å². The lowest BCUT2D eigenvalue weighted by molar-refractivity contribution is -0.391. The van der Waals surface area contributed by atoms with Crippen LogP contribution in [-0.4, -0.2) is 27.3 Å². The third-order valence-corrected chi connectivity index (χ3v) is 1.57. The summed E-state index contributed by atoms with van der Waals surface area (Å²) in [7, 11) is 0. The summed E-state index contributed by atoms with van der Waals surface area (Å²) in [5.74, 6) is -5.58. The Morgan fingerprint density at radius 1 is 1.50 bits per heavy atom. The smallest absolute Gasteiger partial charge is 0.476 e. The molecule has 1 N–H and O–H groups in total. The van der Waals surface area contributed by atoms with Crippen LogP contribution in [-0.2, 0) is 0 Å². The number of pyridine rings is 1. The van der Waals surface area contributed by atoms with Crippen LogP contribution in [0.2, 0.25) is 0 Å². The number of halogens is 4. The second-order valence-electron chi connectivity index (χ2n) is 2.74. The van der Waals surface area contributed by atoms with Crippen molar-refractivity contribution in [3.05, 3.63) is 27.8 Å². The van der Waals surface area contributed by atoms with E-state index in [1.54, 1.807) is 0 Å². The predicted octanol–water partition coefficient (Wildman–Crippen LogP) is 1.73. The van der Waals surface area contributed by atoms with Crippen molar-refractivity contribution in [2.45, 2.75) is 6.36 Å². The van der Waals surface area contributed by atoms with E-state index < -0.39 is 40.2 Å². The summed E-state index contributed by atoms with van der Waals surface area (Å²) < 4.78 is 52.0. The molecule has 1 aromatic rings. The zero-order valence-electron chi connectivity index (χ0n) is 8.06. The third-order valence-electron chi connectivity index (χ3n) is 1.57. The topological polar surface area (TPSA) is 103 Å². The molecule has 0 unspecified atom stereocenters. The number of hydrogen-bond donors (Lipinski definition) is 1. The molecule has 0 saturated heterocycles.